The van der Waals surface area contributed by atoms with E-state index < -0.39 is 0 Å². The number of carbonyl (C=O) groups excluding carboxylic acids is 1. The number of urea groups is 1. The Morgan fingerprint density at radius 2 is 2.24 bits per heavy atom. The molecule has 0 spiro atoms. The molecular formula is C15H20N2O3S. The molecule has 2 aliphatic heterocycles. The maximum absolute atomic E-state index is 12.2. The van der Waals surface area contributed by atoms with Gasteiger partial charge >= 0.3 is 6.03 Å². The largest absolute Gasteiger partial charge is 0.493 e. The first-order chi connectivity index (χ1) is 10.3. The highest BCUT2D eigenvalue weighted by Gasteiger charge is 2.26. The van der Waals surface area contributed by atoms with Gasteiger partial charge in [0.05, 0.1) is 13.2 Å². The lowest BCUT2D eigenvalue weighted by Crippen LogP contribution is -2.51. The molecule has 114 valence electrons. The number of rotatable bonds is 2. The SMILES string of the molecule is COc1cccc2c1OCC(NC(=O)N1CCSCC1)C2. The third-order valence-electron chi connectivity index (χ3n) is 3.80. The molecule has 0 radical (unpaired) electrons. The van der Waals surface area contributed by atoms with E-state index in [2.05, 4.69) is 5.32 Å². The van der Waals surface area contributed by atoms with Gasteiger partial charge in [-0.2, -0.15) is 11.8 Å². The topological polar surface area (TPSA) is 50.8 Å². The van der Waals surface area contributed by atoms with Gasteiger partial charge in [0.2, 0.25) is 0 Å². The first-order valence-electron chi connectivity index (χ1n) is 7.20. The van der Waals surface area contributed by atoms with E-state index >= 15 is 0 Å². The van der Waals surface area contributed by atoms with E-state index in [0.29, 0.717) is 6.61 Å². The number of nitrogens with one attached hydrogen (secondary N) is 1. The van der Waals surface area contributed by atoms with Crippen molar-refractivity contribution in [2.75, 3.05) is 38.3 Å². The first kappa shape index (κ1) is 14.4. The van der Waals surface area contributed by atoms with E-state index in [4.69, 9.17) is 9.47 Å². The van der Waals surface area contributed by atoms with Crippen molar-refractivity contribution >= 4 is 17.8 Å². The van der Waals surface area contributed by atoms with Gasteiger partial charge in [0.1, 0.15) is 6.61 Å². The Balaban J connectivity index is 1.62. The van der Waals surface area contributed by atoms with Gasteiger partial charge in [-0.1, -0.05) is 12.1 Å². The Morgan fingerprint density at radius 3 is 3.00 bits per heavy atom. The van der Waals surface area contributed by atoms with Gasteiger partial charge in [0.15, 0.2) is 11.5 Å². The Bertz CT molecular complexity index is 518. The predicted molar refractivity (Wildman–Crippen MR) is 83.4 cm³/mol. The molecule has 6 heteroatoms. The maximum atomic E-state index is 12.2. The average molecular weight is 308 g/mol. The lowest BCUT2D eigenvalue weighted by atomic mass is 10.0. The molecule has 1 aromatic rings. The van der Waals surface area contributed by atoms with Crippen LogP contribution in [0.4, 0.5) is 4.79 Å². The Kier molecular flexibility index (Phi) is 4.43. The summed E-state index contributed by atoms with van der Waals surface area (Å²) in [5.74, 6) is 3.61. The summed E-state index contributed by atoms with van der Waals surface area (Å²) in [5, 5.41) is 3.08. The molecular weight excluding hydrogens is 288 g/mol. The van der Waals surface area contributed by atoms with Gasteiger partial charge in [0, 0.05) is 30.2 Å². The summed E-state index contributed by atoms with van der Waals surface area (Å²) in [4.78, 5) is 14.1. The van der Waals surface area contributed by atoms with Crippen LogP contribution < -0.4 is 14.8 Å². The molecule has 2 heterocycles. The fraction of sp³-hybridized carbons (Fsp3) is 0.533. The molecule has 1 atom stereocenters. The zero-order valence-electron chi connectivity index (χ0n) is 12.1. The molecule has 1 aromatic carbocycles. The minimum atomic E-state index is 0.0201. The van der Waals surface area contributed by atoms with E-state index in [9.17, 15) is 4.79 Å². The predicted octanol–water partition coefficient (Wildman–Crippen LogP) is 1.76. The summed E-state index contributed by atoms with van der Waals surface area (Å²) in [5.41, 5.74) is 1.08. The van der Waals surface area contributed by atoms with Crippen LogP contribution in [0.5, 0.6) is 11.5 Å². The second-order valence-electron chi connectivity index (χ2n) is 5.21. The van der Waals surface area contributed by atoms with Crippen molar-refractivity contribution in [3.8, 4) is 11.5 Å². The van der Waals surface area contributed by atoms with Crippen LogP contribution >= 0.6 is 11.8 Å². The lowest BCUT2D eigenvalue weighted by Gasteiger charge is -2.31. The summed E-state index contributed by atoms with van der Waals surface area (Å²) in [6, 6.07) is 5.91. The van der Waals surface area contributed by atoms with Gasteiger partial charge in [-0.25, -0.2) is 4.79 Å². The second kappa shape index (κ2) is 6.47. The molecule has 0 aliphatic carbocycles. The number of benzene rings is 1. The Labute approximate surface area is 129 Å². The molecule has 2 aliphatic rings. The molecule has 0 aromatic heterocycles. The van der Waals surface area contributed by atoms with Crippen LogP contribution in [-0.2, 0) is 6.42 Å². The number of ether oxygens (including phenoxy) is 2. The van der Waals surface area contributed by atoms with E-state index in [0.717, 1.165) is 48.1 Å². The van der Waals surface area contributed by atoms with Crippen molar-refractivity contribution in [3.63, 3.8) is 0 Å². The summed E-state index contributed by atoms with van der Waals surface area (Å²) >= 11 is 1.90. The van der Waals surface area contributed by atoms with Crippen molar-refractivity contribution in [1.82, 2.24) is 10.2 Å². The van der Waals surface area contributed by atoms with Crippen LogP contribution in [0.15, 0.2) is 18.2 Å². The highest BCUT2D eigenvalue weighted by atomic mass is 32.2. The zero-order chi connectivity index (χ0) is 14.7. The van der Waals surface area contributed by atoms with Crippen LogP contribution in [-0.4, -0.2) is 55.3 Å². The highest BCUT2D eigenvalue weighted by molar-refractivity contribution is 7.99. The first-order valence-corrected chi connectivity index (χ1v) is 8.35. The quantitative estimate of drug-likeness (QED) is 0.904. The van der Waals surface area contributed by atoms with Crippen molar-refractivity contribution in [1.29, 1.82) is 0 Å². The zero-order valence-corrected chi connectivity index (χ0v) is 12.9. The number of nitrogens with zero attached hydrogens (tertiary/aromatic N) is 1. The highest BCUT2D eigenvalue weighted by Crippen LogP contribution is 2.34. The number of amides is 2. The third kappa shape index (κ3) is 3.20. The fourth-order valence-electron chi connectivity index (χ4n) is 2.68. The van der Waals surface area contributed by atoms with Gasteiger partial charge in [-0.3, -0.25) is 0 Å². The Hall–Kier alpha value is -1.56. The minimum absolute atomic E-state index is 0.0201. The number of carbonyl (C=O) groups is 1. The third-order valence-corrected chi connectivity index (χ3v) is 4.74. The summed E-state index contributed by atoms with van der Waals surface area (Å²) in [7, 11) is 1.64. The number of para-hydroxylation sites is 1. The molecule has 0 bridgehead atoms. The van der Waals surface area contributed by atoms with Crippen LogP contribution in [0, 0.1) is 0 Å². The summed E-state index contributed by atoms with van der Waals surface area (Å²) < 4.78 is 11.1. The fourth-order valence-corrected chi connectivity index (χ4v) is 3.58. The molecule has 3 rings (SSSR count). The van der Waals surface area contributed by atoms with E-state index in [-0.39, 0.29) is 12.1 Å². The molecule has 21 heavy (non-hydrogen) atoms. The van der Waals surface area contributed by atoms with Crippen LogP contribution in [0.2, 0.25) is 0 Å². The maximum Gasteiger partial charge on any atom is 0.317 e. The Morgan fingerprint density at radius 1 is 1.43 bits per heavy atom. The normalized spacial score (nSPS) is 21.2. The van der Waals surface area contributed by atoms with Crippen LogP contribution in [0.25, 0.3) is 0 Å². The second-order valence-corrected chi connectivity index (χ2v) is 6.43. The number of methoxy groups -OCH3 is 1. The van der Waals surface area contributed by atoms with Gasteiger partial charge in [0.25, 0.3) is 0 Å². The monoisotopic (exact) mass is 308 g/mol. The molecule has 0 saturated carbocycles. The summed E-state index contributed by atoms with van der Waals surface area (Å²) in [6.45, 7) is 2.14. The standard InChI is InChI=1S/C15H20N2O3S/c1-19-13-4-2-3-11-9-12(10-20-14(11)13)16-15(18)17-5-7-21-8-6-17/h2-4,12H,5-10H2,1H3,(H,16,18). The molecule has 1 fully saturated rings. The van der Waals surface area contributed by atoms with Crippen molar-refractivity contribution in [3.05, 3.63) is 23.8 Å². The lowest BCUT2D eigenvalue weighted by molar-refractivity contribution is 0.183. The summed E-state index contributed by atoms with van der Waals surface area (Å²) in [6.07, 6.45) is 0.779. The molecule has 1 N–H and O–H groups in total. The van der Waals surface area contributed by atoms with Gasteiger partial charge in [-0.05, 0) is 12.5 Å². The van der Waals surface area contributed by atoms with E-state index in [1.165, 1.54) is 0 Å². The molecule has 1 unspecified atom stereocenters. The average Bonchev–Trinajstić information content (AvgIpc) is 2.54. The number of hydrogen-bond acceptors (Lipinski definition) is 4. The van der Waals surface area contributed by atoms with Crippen molar-refractivity contribution in [2.24, 2.45) is 0 Å². The van der Waals surface area contributed by atoms with Crippen LogP contribution in [0.1, 0.15) is 5.56 Å². The molecule has 1 saturated heterocycles. The minimum Gasteiger partial charge on any atom is -0.493 e. The van der Waals surface area contributed by atoms with Crippen molar-refractivity contribution < 1.29 is 14.3 Å². The van der Waals surface area contributed by atoms with Crippen LogP contribution in [0.3, 0.4) is 0 Å². The molecule has 2 amide bonds. The van der Waals surface area contributed by atoms with E-state index in [1.807, 2.05) is 34.9 Å². The van der Waals surface area contributed by atoms with Gasteiger partial charge in [-0.15, -0.1) is 0 Å². The molecule has 5 nitrogen and oxygen atoms in total. The van der Waals surface area contributed by atoms with Crippen molar-refractivity contribution in [2.45, 2.75) is 12.5 Å². The smallest absolute Gasteiger partial charge is 0.317 e. The van der Waals surface area contributed by atoms with E-state index in [1.54, 1.807) is 7.11 Å². The van der Waals surface area contributed by atoms with Gasteiger partial charge < -0.3 is 19.7 Å². The number of thioether (sulfide) groups is 1. The number of hydrogen-bond donors (Lipinski definition) is 1. The number of fused-ring (bicyclic) bond motifs is 1.